The van der Waals surface area contributed by atoms with Gasteiger partial charge in [0.15, 0.2) is 0 Å². The lowest BCUT2D eigenvalue weighted by Crippen LogP contribution is -2.33. The summed E-state index contributed by atoms with van der Waals surface area (Å²) in [6, 6.07) is 29.7. The molecule has 2 aliphatic rings. The van der Waals surface area contributed by atoms with Gasteiger partial charge in [0.2, 0.25) is 6.23 Å². The molecule has 0 amide bonds. The van der Waals surface area contributed by atoms with E-state index in [1.165, 1.54) is 21.9 Å². The van der Waals surface area contributed by atoms with E-state index in [1.54, 1.807) is 0 Å². The van der Waals surface area contributed by atoms with Crippen LogP contribution in [0.15, 0.2) is 99.0 Å². The largest absolute Gasteiger partial charge is 0.464 e. The van der Waals surface area contributed by atoms with Crippen molar-refractivity contribution >= 4 is 48.3 Å². The smallest absolute Gasteiger partial charge is 0.213 e. The number of hydrogen-bond donors (Lipinski definition) is 0. The van der Waals surface area contributed by atoms with Crippen molar-refractivity contribution in [2.75, 3.05) is 0 Å². The summed E-state index contributed by atoms with van der Waals surface area (Å²) in [6.07, 6.45) is 0.586. The van der Waals surface area contributed by atoms with E-state index in [1.807, 2.05) is 6.07 Å². The molecule has 31 heavy (non-hydrogen) atoms. The molecule has 0 radical (unpaired) electrons. The predicted molar refractivity (Wildman–Crippen MR) is 131 cm³/mol. The topological polar surface area (TPSA) is 24.8 Å². The maximum atomic E-state index is 6.46. The van der Waals surface area contributed by atoms with Gasteiger partial charge in [-0.25, -0.2) is 5.01 Å². The standard InChI is InChI=1S/C26H18Br2N2O/c27-20-9-7-17(8-10-20)26-30-24(22-14-21(28)11-12-25(22)31-26)15-23(29-30)19-6-5-16-3-1-2-4-18(16)13-19/h1-14,24,26H,15H2/t24-,26+/m0/s1. The van der Waals surface area contributed by atoms with Gasteiger partial charge in [-0.15, -0.1) is 0 Å². The quantitative estimate of drug-likeness (QED) is 0.265. The average molecular weight is 534 g/mol. The van der Waals surface area contributed by atoms with Crippen LogP contribution in [-0.4, -0.2) is 10.7 Å². The van der Waals surface area contributed by atoms with Gasteiger partial charge in [-0.1, -0.05) is 80.4 Å². The maximum Gasteiger partial charge on any atom is 0.213 e. The van der Waals surface area contributed by atoms with Gasteiger partial charge in [-0.05, 0) is 52.7 Å². The number of hydrogen-bond acceptors (Lipinski definition) is 3. The van der Waals surface area contributed by atoms with E-state index in [-0.39, 0.29) is 12.3 Å². The number of rotatable bonds is 2. The number of hydrazone groups is 1. The molecule has 0 saturated carbocycles. The van der Waals surface area contributed by atoms with Crippen LogP contribution in [0.3, 0.4) is 0 Å². The number of fused-ring (bicyclic) bond motifs is 4. The summed E-state index contributed by atoms with van der Waals surface area (Å²) in [4.78, 5) is 0. The van der Waals surface area contributed by atoms with Gasteiger partial charge in [0, 0.05) is 26.5 Å². The third-order valence-electron chi connectivity index (χ3n) is 5.99. The van der Waals surface area contributed by atoms with Gasteiger partial charge in [0.05, 0.1) is 11.8 Å². The Labute approximate surface area is 197 Å². The molecular formula is C26H18Br2N2O. The highest BCUT2D eigenvalue weighted by Gasteiger charge is 2.41. The van der Waals surface area contributed by atoms with Crippen LogP contribution >= 0.6 is 31.9 Å². The summed E-state index contributed by atoms with van der Waals surface area (Å²) in [5.41, 5.74) is 4.51. The molecular weight excluding hydrogens is 516 g/mol. The van der Waals surface area contributed by atoms with E-state index in [0.717, 1.165) is 32.4 Å². The molecule has 152 valence electrons. The van der Waals surface area contributed by atoms with E-state index in [9.17, 15) is 0 Å². The molecule has 4 aromatic rings. The van der Waals surface area contributed by atoms with Crippen LogP contribution < -0.4 is 4.74 Å². The van der Waals surface area contributed by atoms with Gasteiger partial charge < -0.3 is 4.74 Å². The Bertz CT molecular complexity index is 1330. The second kappa shape index (κ2) is 7.50. The summed E-state index contributed by atoms with van der Waals surface area (Å²) in [6.45, 7) is 0. The van der Waals surface area contributed by atoms with Crippen LogP contribution in [0.25, 0.3) is 10.8 Å². The molecule has 0 bridgehead atoms. The highest BCUT2D eigenvalue weighted by molar-refractivity contribution is 9.10. The normalized spacial score (nSPS) is 19.5. The molecule has 0 fully saturated rings. The molecule has 6 rings (SSSR count). The summed E-state index contributed by atoms with van der Waals surface area (Å²) in [5, 5.41) is 9.70. The Morgan fingerprint density at radius 2 is 1.58 bits per heavy atom. The van der Waals surface area contributed by atoms with Crippen LogP contribution in [0, 0.1) is 0 Å². The molecule has 0 aliphatic carbocycles. The van der Waals surface area contributed by atoms with Gasteiger partial charge >= 0.3 is 0 Å². The fraction of sp³-hybridized carbons (Fsp3) is 0.115. The maximum absolute atomic E-state index is 6.46. The lowest BCUT2D eigenvalue weighted by Gasteiger charge is -2.38. The minimum Gasteiger partial charge on any atom is -0.464 e. The molecule has 0 N–H and O–H groups in total. The summed E-state index contributed by atoms with van der Waals surface area (Å²) in [5.74, 6) is 0.923. The lowest BCUT2D eigenvalue weighted by molar-refractivity contribution is -0.0190. The number of ether oxygens (including phenoxy) is 1. The Morgan fingerprint density at radius 3 is 2.42 bits per heavy atom. The Morgan fingerprint density at radius 1 is 0.806 bits per heavy atom. The third kappa shape index (κ3) is 3.36. The van der Waals surface area contributed by atoms with Crippen molar-refractivity contribution in [1.82, 2.24) is 5.01 Å². The van der Waals surface area contributed by atoms with Crippen LogP contribution in [0.4, 0.5) is 0 Å². The summed E-state index contributed by atoms with van der Waals surface area (Å²) >= 11 is 7.16. The highest BCUT2D eigenvalue weighted by Crippen LogP contribution is 2.48. The van der Waals surface area contributed by atoms with Gasteiger partial charge in [0.1, 0.15) is 5.75 Å². The zero-order valence-corrected chi connectivity index (χ0v) is 19.7. The fourth-order valence-electron chi connectivity index (χ4n) is 4.45. The van der Waals surface area contributed by atoms with E-state index in [0.29, 0.717) is 0 Å². The third-order valence-corrected chi connectivity index (χ3v) is 7.01. The van der Waals surface area contributed by atoms with Crippen molar-refractivity contribution in [2.24, 2.45) is 5.10 Å². The molecule has 5 heteroatoms. The summed E-state index contributed by atoms with van der Waals surface area (Å²) < 4.78 is 8.57. The molecule has 4 aromatic carbocycles. The highest BCUT2D eigenvalue weighted by atomic mass is 79.9. The van der Waals surface area contributed by atoms with E-state index in [2.05, 4.69) is 116 Å². The van der Waals surface area contributed by atoms with Crippen molar-refractivity contribution < 1.29 is 4.74 Å². The van der Waals surface area contributed by atoms with E-state index >= 15 is 0 Å². The van der Waals surface area contributed by atoms with Crippen LogP contribution in [-0.2, 0) is 0 Å². The zero-order valence-electron chi connectivity index (χ0n) is 16.5. The van der Waals surface area contributed by atoms with Crippen LogP contribution in [0.2, 0.25) is 0 Å². The second-order valence-electron chi connectivity index (χ2n) is 7.91. The summed E-state index contributed by atoms with van der Waals surface area (Å²) in [7, 11) is 0. The molecule has 2 aliphatic heterocycles. The van der Waals surface area contributed by atoms with Gasteiger partial charge in [-0.3, -0.25) is 0 Å². The second-order valence-corrected chi connectivity index (χ2v) is 9.74. The molecule has 2 heterocycles. The molecule has 0 aromatic heterocycles. The first kappa shape index (κ1) is 19.1. The van der Waals surface area contributed by atoms with E-state index in [4.69, 9.17) is 9.84 Å². The first-order valence-electron chi connectivity index (χ1n) is 10.2. The van der Waals surface area contributed by atoms with Crippen molar-refractivity contribution in [3.05, 3.63) is 111 Å². The Hall–Kier alpha value is -2.63. The van der Waals surface area contributed by atoms with E-state index < -0.39 is 0 Å². The molecule has 2 atom stereocenters. The van der Waals surface area contributed by atoms with Gasteiger partial charge in [0.25, 0.3) is 0 Å². The molecule has 0 unspecified atom stereocenters. The predicted octanol–water partition coefficient (Wildman–Crippen LogP) is 7.61. The zero-order chi connectivity index (χ0) is 20.9. The fourth-order valence-corrected chi connectivity index (χ4v) is 5.09. The SMILES string of the molecule is Brc1ccc([C@H]2Oc3ccc(Br)cc3[C@@H]3CC(c4ccc5ccccc5c4)=NN23)cc1. The molecule has 3 nitrogen and oxygen atoms in total. The van der Waals surface area contributed by atoms with Crippen molar-refractivity contribution in [3.8, 4) is 5.75 Å². The first-order chi connectivity index (χ1) is 15.2. The monoisotopic (exact) mass is 532 g/mol. The Balaban J connectivity index is 1.45. The van der Waals surface area contributed by atoms with Gasteiger partial charge in [-0.2, -0.15) is 5.10 Å². The van der Waals surface area contributed by atoms with Crippen LogP contribution in [0.1, 0.15) is 35.4 Å². The number of benzene rings is 4. The lowest BCUT2D eigenvalue weighted by atomic mass is 9.95. The number of nitrogens with zero attached hydrogens (tertiary/aromatic N) is 2. The average Bonchev–Trinajstić information content (AvgIpc) is 3.25. The van der Waals surface area contributed by atoms with Crippen LogP contribution in [0.5, 0.6) is 5.75 Å². The first-order valence-corrected chi connectivity index (χ1v) is 11.8. The van der Waals surface area contributed by atoms with Crippen molar-refractivity contribution in [1.29, 1.82) is 0 Å². The minimum absolute atomic E-state index is 0.136. The molecule has 0 saturated heterocycles. The minimum atomic E-state index is -0.260. The number of halogens is 2. The molecule has 0 spiro atoms. The van der Waals surface area contributed by atoms with Crippen molar-refractivity contribution in [3.63, 3.8) is 0 Å². The van der Waals surface area contributed by atoms with Crippen molar-refractivity contribution in [2.45, 2.75) is 18.7 Å². The Kier molecular flexibility index (Phi) is 4.62.